The van der Waals surface area contributed by atoms with Gasteiger partial charge in [-0.1, -0.05) is 24.1 Å². The fourth-order valence-corrected chi connectivity index (χ4v) is 5.25. The Bertz CT molecular complexity index is 481. The van der Waals surface area contributed by atoms with Gasteiger partial charge in [-0.3, -0.25) is 0 Å². The first kappa shape index (κ1) is 14.1. The van der Waals surface area contributed by atoms with Crippen LogP contribution in [0.1, 0.15) is 47.9 Å². The fraction of sp³-hybridized carbons (Fsp3) is 0.684. The summed E-state index contributed by atoms with van der Waals surface area (Å²) < 4.78 is 0. The summed E-state index contributed by atoms with van der Waals surface area (Å²) in [5.41, 5.74) is 6.56. The van der Waals surface area contributed by atoms with Crippen LogP contribution in [-0.4, -0.2) is 13.6 Å². The minimum Gasteiger partial charge on any atom is -0.319 e. The van der Waals surface area contributed by atoms with Crippen molar-refractivity contribution in [1.82, 2.24) is 5.32 Å². The zero-order valence-electron chi connectivity index (χ0n) is 13.6. The zero-order valence-corrected chi connectivity index (χ0v) is 13.6. The average Bonchev–Trinajstić information content (AvgIpc) is 2.95. The second-order valence-electron chi connectivity index (χ2n) is 7.53. The van der Waals surface area contributed by atoms with Crippen LogP contribution in [0.15, 0.2) is 12.1 Å². The van der Waals surface area contributed by atoms with E-state index in [1.807, 2.05) is 0 Å². The summed E-state index contributed by atoms with van der Waals surface area (Å²) in [5, 5.41) is 3.51. The molecule has 0 aromatic heterocycles. The lowest BCUT2D eigenvalue weighted by Gasteiger charge is -2.39. The molecule has 3 rings (SSSR count). The van der Waals surface area contributed by atoms with E-state index in [-0.39, 0.29) is 0 Å². The monoisotopic (exact) mass is 271 g/mol. The van der Waals surface area contributed by atoms with Crippen LogP contribution in [0.25, 0.3) is 0 Å². The summed E-state index contributed by atoms with van der Waals surface area (Å²) in [6.45, 7) is 8.01. The maximum Gasteiger partial charge on any atom is 0.00108 e. The van der Waals surface area contributed by atoms with E-state index in [0.717, 1.165) is 11.8 Å². The zero-order chi connectivity index (χ0) is 14.3. The lowest BCUT2D eigenvalue weighted by molar-refractivity contribution is 0.159. The first-order chi connectivity index (χ1) is 9.54. The second-order valence-corrected chi connectivity index (χ2v) is 7.53. The fourth-order valence-electron chi connectivity index (χ4n) is 5.25. The molecule has 1 nitrogen and oxygen atoms in total. The molecule has 0 amide bonds. The first-order valence-electron chi connectivity index (χ1n) is 8.25. The molecule has 2 bridgehead atoms. The molecular formula is C19H29N. The van der Waals surface area contributed by atoms with Crippen molar-refractivity contribution < 1.29 is 0 Å². The molecule has 2 saturated carbocycles. The minimum absolute atomic E-state index is 0.530. The largest absolute Gasteiger partial charge is 0.319 e. The predicted octanol–water partition coefficient (Wildman–Crippen LogP) is 4.18. The summed E-state index contributed by atoms with van der Waals surface area (Å²) in [6, 6.07) is 4.73. The number of fused-ring (bicyclic) bond motifs is 2. The highest BCUT2D eigenvalue weighted by atomic mass is 14.8. The van der Waals surface area contributed by atoms with Gasteiger partial charge in [-0.2, -0.15) is 0 Å². The highest BCUT2D eigenvalue weighted by molar-refractivity contribution is 5.38. The van der Waals surface area contributed by atoms with E-state index in [4.69, 9.17) is 0 Å². The Morgan fingerprint density at radius 1 is 1.15 bits per heavy atom. The molecule has 2 aliphatic carbocycles. The molecule has 1 aromatic carbocycles. The molecule has 3 unspecified atom stereocenters. The Hall–Kier alpha value is -0.820. The smallest absolute Gasteiger partial charge is 0.00108 e. The topological polar surface area (TPSA) is 12.0 Å². The SMILES string of the molecule is CNCC1(Cc2c(C)cc(C)cc2C)CC2CCC1C2. The van der Waals surface area contributed by atoms with Crippen LogP contribution in [0, 0.1) is 38.0 Å². The van der Waals surface area contributed by atoms with Gasteiger partial charge in [0.1, 0.15) is 0 Å². The Balaban J connectivity index is 1.92. The standard InChI is InChI=1S/C19H29N/c1-13-7-14(2)18(15(3)8-13)11-19(12-20-4)10-16-5-6-17(19)9-16/h7-8,16-17,20H,5-6,9-12H2,1-4H3. The van der Waals surface area contributed by atoms with E-state index in [1.165, 1.54) is 55.3 Å². The Morgan fingerprint density at radius 2 is 1.85 bits per heavy atom. The predicted molar refractivity (Wildman–Crippen MR) is 86.2 cm³/mol. The third-order valence-corrected chi connectivity index (χ3v) is 6.00. The minimum atomic E-state index is 0.530. The van der Waals surface area contributed by atoms with Crippen LogP contribution in [0.3, 0.4) is 0 Å². The molecule has 2 aliphatic rings. The molecule has 0 spiro atoms. The molecule has 0 heterocycles. The Morgan fingerprint density at radius 3 is 2.35 bits per heavy atom. The van der Waals surface area contributed by atoms with Gasteiger partial charge in [0, 0.05) is 6.54 Å². The number of benzene rings is 1. The van der Waals surface area contributed by atoms with Crippen LogP contribution in [0.5, 0.6) is 0 Å². The van der Waals surface area contributed by atoms with Crippen molar-refractivity contribution in [2.75, 3.05) is 13.6 Å². The summed E-state index contributed by atoms with van der Waals surface area (Å²) in [7, 11) is 2.13. The molecule has 2 fully saturated rings. The van der Waals surface area contributed by atoms with Gasteiger partial charge in [-0.15, -0.1) is 0 Å². The Labute approximate surface area is 124 Å². The molecule has 0 aliphatic heterocycles. The molecule has 110 valence electrons. The third kappa shape index (κ3) is 2.30. The van der Waals surface area contributed by atoms with E-state index in [9.17, 15) is 0 Å². The third-order valence-electron chi connectivity index (χ3n) is 6.00. The van der Waals surface area contributed by atoms with Crippen molar-refractivity contribution in [3.63, 3.8) is 0 Å². The summed E-state index contributed by atoms with van der Waals surface area (Å²) in [6.07, 6.45) is 7.18. The van der Waals surface area contributed by atoms with Crippen molar-refractivity contribution in [2.24, 2.45) is 17.3 Å². The van der Waals surface area contributed by atoms with Crippen LogP contribution in [-0.2, 0) is 6.42 Å². The average molecular weight is 271 g/mol. The number of aryl methyl sites for hydroxylation is 3. The molecule has 20 heavy (non-hydrogen) atoms. The van der Waals surface area contributed by atoms with E-state index < -0.39 is 0 Å². The summed E-state index contributed by atoms with van der Waals surface area (Å²) in [4.78, 5) is 0. The van der Waals surface area contributed by atoms with Gasteiger partial charge >= 0.3 is 0 Å². The van der Waals surface area contributed by atoms with Gasteiger partial charge in [0.25, 0.3) is 0 Å². The van der Waals surface area contributed by atoms with Crippen molar-refractivity contribution in [3.05, 3.63) is 34.4 Å². The molecule has 3 atom stereocenters. The number of rotatable bonds is 4. The maximum atomic E-state index is 3.51. The normalized spacial score (nSPS) is 32.0. The van der Waals surface area contributed by atoms with Crippen molar-refractivity contribution >= 4 is 0 Å². The molecule has 0 saturated heterocycles. The van der Waals surface area contributed by atoms with Gasteiger partial charge in [-0.25, -0.2) is 0 Å². The first-order valence-corrected chi connectivity index (χ1v) is 8.25. The summed E-state index contributed by atoms with van der Waals surface area (Å²) in [5.74, 6) is 1.97. The van der Waals surface area contributed by atoms with Gasteiger partial charge < -0.3 is 5.32 Å². The van der Waals surface area contributed by atoms with Crippen LogP contribution >= 0.6 is 0 Å². The van der Waals surface area contributed by atoms with Gasteiger partial charge in [0.15, 0.2) is 0 Å². The number of nitrogens with one attached hydrogen (secondary N) is 1. The van der Waals surface area contributed by atoms with E-state index in [1.54, 1.807) is 5.56 Å². The van der Waals surface area contributed by atoms with Crippen molar-refractivity contribution in [2.45, 2.75) is 52.9 Å². The summed E-state index contributed by atoms with van der Waals surface area (Å²) >= 11 is 0. The quantitative estimate of drug-likeness (QED) is 0.866. The van der Waals surface area contributed by atoms with Crippen LogP contribution in [0.2, 0.25) is 0 Å². The van der Waals surface area contributed by atoms with Gasteiger partial charge in [0.05, 0.1) is 0 Å². The lowest BCUT2D eigenvalue weighted by Crippen LogP contribution is -2.39. The van der Waals surface area contributed by atoms with E-state index in [2.05, 4.69) is 45.3 Å². The molecule has 1 aromatic rings. The van der Waals surface area contributed by atoms with E-state index in [0.29, 0.717) is 5.41 Å². The van der Waals surface area contributed by atoms with Gasteiger partial charge in [-0.05, 0) is 87.4 Å². The molecule has 0 radical (unpaired) electrons. The van der Waals surface area contributed by atoms with E-state index >= 15 is 0 Å². The molecule has 1 heteroatoms. The molecule has 1 N–H and O–H groups in total. The van der Waals surface area contributed by atoms with Crippen LogP contribution < -0.4 is 5.32 Å². The highest BCUT2D eigenvalue weighted by Crippen LogP contribution is 2.57. The highest BCUT2D eigenvalue weighted by Gasteiger charge is 2.50. The van der Waals surface area contributed by atoms with Crippen molar-refractivity contribution in [3.8, 4) is 0 Å². The maximum absolute atomic E-state index is 3.51. The van der Waals surface area contributed by atoms with Gasteiger partial charge in [0.2, 0.25) is 0 Å². The second kappa shape index (κ2) is 5.18. The van der Waals surface area contributed by atoms with Crippen LogP contribution in [0.4, 0.5) is 0 Å². The Kier molecular flexibility index (Phi) is 3.66. The lowest BCUT2D eigenvalue weighted by atomic mass is 9.68. The number of hydrogen-bond donors (Lipinski definition) is 1. The molecular weight excluding hydrogens is 242 g/mol. The van der Waals surface area contributed by atoms with Crippen molar-refractivity contribution in [1.29, 1.82) is 0 Å². The number of hydrogen-bond acceptors (Lipinski definition) is 1.